The summed E-state index contributed by atoms with van der Waals surface area (Å²) in [5, 5.41) is 2.75. The minimum Gasteiger partial charge on any atom is -0.354 e. The average Bonchev–Trinajstić information content (AvgIpc) is 2.25. The molecule has 4 nitrogen and oxygen atoms in total. The molecule has 0 aromatic rings. The maximum atomic E-state index is 11.5. The Balaban J connectivity index is 2.49. The number of rotatable bonds is 3. The van der Waals surface area contributed by atoms with E-state index in [-0.39, 0.29) is 23.7 Å². The predicted octanol–water partition coefficient (Wildman–Crippen LogP) is 0.742. The Kier molecular flexibility index (Phi) is 4.88. The lowest BCUT2D eigenvalue weighted by Gasteiger charge is -2.35. The van der Waals surface area contributed by atoms with Crippen molar-refractivity contribution in [2.75, 3.05) is 19.0 Å². The van der Waals surface area contributed by atoms with Gasteiger partial charge in [-0.1, -0.05) is 0 Å². The van der Waals surface area contributed by atoms with Crippen LogP contribution in [0.2, 0.25) is 0 Å². The number of likely N-dealkylation sites (tertiary alicyclic amines) is 1. The molecule has 0 bridgehead atoms. The Bertz CT molecular complexity index is 246. The van der Waals surface area contributed by atoms with Gasteiger partial charge < -0.3 is 10.2 Å². The van der Waals surface area contributed by atoms with Crippen LogP contribution in [-0.2, 0) is 9.59 Å². The van der Waals surface area contributed by atoms with Crippen molar-refractivity contribution in [1.29, 1.82) is 0 Å². The van der Waals surface area contributed by atoms with Crippen LogP contribution >= 0.6 is 11.6 Å². The van der Waals surface area contributed by atoms with Gasteiger partial charge in [0.2, 0.25) is 11.8 Å². The summed E-state index contributed by atoms with van der Waals surface area (Å²) in [5.41, 5.74) is 0. The molecule has 86 valence electrons. The molecule has 1 saturated heterocycles. The van der Waals surface area contributed by atoms with Crippen LogP contribution in [0.5, 0.6) is 0 Å². The van der Waals surface area contributed by atoms with Crippen molar-refractivity contribution in [2.45, 2.75) is 32.2 Å². The summed E-state index contributed by atoms with van der Waals surface area (Å²) in [5.74, 6) is -0.0677. The van der Waals surface area contributed by atoms with Crippen LogP contribution in [-0.4, -0.2) is 41.7 Å². The second-order valence-corrected chi connectivity index (χ2v) is 4.07. The summed E-state index contributed by atoms with van der Waals surface area (Å²) >= 11 is 5.53. The lowest BCUT2D eigenvalue weighted by Crippen LogP contribution is -2.49. The molecule has 1 aliphatic rings. The zero-order valence-electron chi connectivity index (χ0n) is 8.96. The zero-order chi connectivity index (χ0) is 11.3. The Morgan fingerprint density at radius 3 is 2.80 bits per heavy atom. The number of nitrogens with zero attached hydrogens (tertiary/aromatic N) is 1. The third-order valence-corrected chi connectivity index (χ3v) is 2.88. The molecule has 5 heteroatoms. The standard InChI is InChI=1S/C10H17ClN2O2/c1-8(14)12-7-9-4-2-3-5-13(9)10(15)6-11/h9H,2-7H2,1H3,(H,12,14)/t9-/m0/s1. The third-order valence-electron chi connectivity index (χ3n) is 2.65. The van der Waals surface area contributed by atoms with Crippen LogP contribution in [0.4, 0.5) is 0 Å². The predicted molar refractivity (Wildman–Crippen MR) is 58.8 cm³/mol. The van der Waals surface area contributed by atoms with Crippen LogP contribution in [0.3, 0.4) is 0 Å². The first-order valence-corrected chi connectivity index (χ1v) is 5.78. The van der Waals surface area contributed by atoms with Crippen LogP contribution in [0, 0.1) is 0 Å². The average molecular weight is 233 g/mol. The van der Waals surface area contributed by atoms with E-state index in [0.29, 0.717) is 6.54 Å². The van der Waals surface area contributed by atoms with Gasteiger partial charge in [-0.25, -0.2) is 0 Å². The minimum atomic E-state index is -0.0566. The first-order valence-electron chi connectivity index (χ1n) is 5.25. The van der Waals surface area contributed by atoms with Gasteiger partial charge in [-0.2, -0.15) is 0 Å². The Hall–Kier alpha value is -0.770. The molecular weight excluding hydrogens is 216 g/mol. The van der Waals surface area contributed by atoms with Crippen molar-refractivity contribution in [3.05, 3.63) is 0 Å². The highest BCUT2D eigenvalue weighted by atomic mass is 35.5. The molecule has 0 radical (unpaired) electrons. The maximum Gasteiger partial charge on any atom is 0.237 e. The van der Waals surface area contributed by atoms with Crippen LogP contribution in [0.25, 0.3) is 0 Å². The normalized spacial score (nSPS) is 21.2. The lowest BCUT2D eigenvalue weighted by atomic mass is 10.0. The van der Waals surface area contributed by atoms with E-state index in [1.165, 1.54) is 6.92 Å². The van der Waals surface area contributed by atoms with Crippen LogP contribution in [0.15, 0.2) is 0 Å². The summed E-state index contributed by atoms with van der Waals surface area (Å²) in [6.07, 6.45) is 3.08. The molecule has 1 heterocycles. The van der Waals surface area contributed by atoms with Crippen molar-refractivity contribution < 1.29 is 9.59 Å². The van der Waals surface area contributed by atoms with E-state index in [0.717, 1.165) is 25.8 Å². The molecule has 15 heavy (non-hydrogen) atoms. The molecule has 1 rings (SSSR count). The summed E-state index contributed by atoms with van der Waals surface area (Å²) < 4.78 is 0. The Morgan fingerprint density at radius 2 is 2.20 bits per heavy atom. The van der Waals surface area contributed by atoms with Gasteiger partial charge in [0.25, 0.3) is 0 Å². The molecule has 1 atom stereocenters. The van der Waals surface area contributed by atoms with Crippen molar-refractivity contribution in [2.24, 2.45) is 0 Å². The number of amides is 2. The second kappa shape index (κ2) is 5.95. The fourth-order valence-corrected chi connectivity index (χ4v) is 2.03. The lowest BCUT2D eigenvalue weighted by molar-refractivity contribution is -0.132. The molecule has 1 N–H and O–H groups in total. The van der Waals surface area contributed by atoms with E-state index < -0.39 is 0 Å². The molecule has 0 spiro atoms. The molecule has 0 aliphatic carbocycles. The Labute approximate surface area is 95.0 Å². The molecule has 2 amide bonds. The molecule has 1 aliphatic heterocycles. The van der Waals surface area contributed by atoms with E-state index in [9.17, 15) is 9.59 Å². The number of hydrogen-bond donors (Lipinski definition) is 1. The SMILES string of the molecule is CC(=O)NC[C@@H]1CCCCN1C(=O)CCl. The van der Waals surface area contributed by atoms with Gasteiger partial charge >= 0.3 is 0 Å². The summed E-state index contributed by atoms with van der Waals surface area (Å²) in [6, 6.07) is 0.119. The molecular formula is C10H17ClN2O2. The number of alkyl halides is 1. The van der Waals surface area contributed by atoms with E-state index in [1.807, 2.05) is 0 Å². The van der Waals surface area contributed by atoms with Crippen molar-refractivity contribution in [3.63, 3.8) is 0 Å². The topological polar surface area (TPSA) is 49.4 Å². The first kappa shape index (κ1) is 12.3. The summed E-state index contributed by atoms with van der Waals surface area (Å²) in [4.78, 5) is 24.1. The van der Waals surface area contributed by atoms with Crippen LogP contribution < -0.4 is 5.32 Å². The quantitative estimate of drug-likeness (QED) is 0.730. The molecule has 0 aromatic heterocycles. The molecule has 0 saturated carbocycles. The van der Waals surface area contributed by atoms with Gasteiger partial charge in [-0.3, -0.25) is 9.59 Å². The maximum absolute atomic E-state index is 11.5. The molecule has 1 fully saturated rings. The molecule has 0 aromatic carbocycles. The van der Waals surface area contributed by atoms with Crippen molar-refractivity contribution in [1.82, 2.24) is 10.2 Å². The van der Waals surface area contributed by atoms with Gasteiger partial charge in [0, 0.05) is 26.1 Å². The van der Waals surface area contributed by atoms with Gasteiger partial charge in [0.05, 0.1) is 0 Å². The minimum absolute atomic E-state index is 0.0244. The smallest absolute Gasteiger partial charge is 0.237 e. The van der Waals surface area contributed by atoms with Gasteiger partial charge in [-0.15, -0.1) is 11.6 Å². The number of carbonyl (C=O) groups is 2. The zero-order valence-corrected chi connectivity index (χ0v) is 9.72. The Morgan fingerprint density at radius 1 is 1.47 bits per heavy atom. The highest BCUT2D eigenvalue weighted by molar-refractivity contribution is 6.27. The summed E-state index contributed by atoms with van der Waals surface area (Å²) in [7, 11) is 0. The van der Waals surface area contributed by atoms with Gasteiger partial charge in [0.15, 0.2) is 0 Å². The molecule has 0 unspecified atom stereocenters. The van der Waals surface area contributed by atoms with Gasteiger partial charge in [0.1, 0.15) is 5.88 Å². The monoisotopic (exact) mass is 232 g/mol. The highest BCUT2D eigenvalue weighted by Crippen LogP contribution is 2.16. The van der Waals surface area contributed by atoms with Crippen molar-refractivity contribution >= 4 is 23.4 Å². The largest absolute Gasteiger partial charge is 0.354 e. The van der Waals surface area contributed by atoms with E-state index in [2.05, 4.69) is 5.32 Å². The number of halogens is 1. The number of nitrogens with one attached hydrogen (secondary N) is 1. The van der Waals surface area contributed by atoms with Crippen molar-refractivity contribution in [3.8, 4) is 0 Å². The third kappa shape index (κ3) is 3.70. The highest BCUT2D eigenvalue weighted by Gasteiger charge is 2.25. The van der Waals surface area contributed by atoms with E-state index in [1.54, 1.807) is 4.90 Å². The number of piperidine rings is 1. The second-order valence-electron chi connectivity index (χ2n) is 3.81. The summed E-state index contributed by atoms with van der Waals surface area (Å²) in [6.45, 7) is 2.78. The van der Waals surface area contributed by atoms with E-state index >= 15 is 0 Å². The number of carbonyl (C=O) groups excluding carboxylic acids is 2. The van der Waals surface area contributed by atoms with E-state index in [4.69, 9.17) is 11.6 Å². The number of hydrogen-bond acceptors (Lipinski definition) is 2. The first-order chi connectivity index (χ1) is 7.15. The van der Waals surface area contributed by atoms with Crippen LogP contribution in [0.1, 0.15) is 26.2 Å². The fraction of sp³-hybridized carbons (Fsp3) is 0.800. The van der Waals surface area contributed by atoms with Gasteiger partial charge in [-0.05, 0) is 19.3 Å². The fourth-order valence-electron chi connectivity index (χ4n) is 1.88.